The normalized spacial score (nSPS) is 17.5. The van der Waals surface area contributed by atoms with E-state index >= 15 is 0 Å². The topological polar surface area (TPSA) is 45.6 Å². The van der Waals surface area contributed by atoms with Gasteiger partial charge < -0.3 is 19.8 Å². The molecule has 3 aliphatic rings. The van der Waals surface area contributed by atoms with Gasteiger partial charge in [-0.15, -0.1) is 0 Å². The molecule has 0 bridgehead atoms. The zero-order chi connectivity index (χ0) is 18.9. The molecule has 0 atom stereocenters. The number of rotatable bonds is 3. The molecule has 0 unspecified atom stereocenters. The molecule has 2 heterocycles. The predicted molar refractivity (Wildman–Crippen MR) is 112 cm³/mol. The second-order valence-corrected chi connectivity index (χ2v) is 7.26. The Morgan fingerprint density at radius 2 is 1.46 bits per heavy atom. The summed E-state index contributed by atoms with van der Waals surface area (Å²) >= 11 is 0. The molecule has 0 radical (unpaired) electrons. The van der Waals surface area contributed by atoms with Crippen molar-refractivity contribution >= 4 is 17.0 Å². The molecule has 4 nitrogen and oxygen atoms in total. The standard InChI is InChI=1S/C24H22N2O2/c25-20-8-3-17(4-9-20)24(19-7-12-22-23(15-19)28-16-27-22)18-5-10-21(11-6-18)26-13-1-2-14-26/h3-12,15,25H,1-2,13-14,16H2. The summed E-state index contributed by atoms with van der Waals surface area (Å²) in [6.45, 7) is 2.55. The Morgan fingerprint density at radius 1 is 0.786 bits per heavy atom. The van der Waals surface area contributed by atoms with Gasteiger partial charge in [-0.3, -0.25) is 0 Å². The second kappa shape index (κ2) is 7.04. The van der Waals surface area contributed by atoms with Gasteiger partial charge in [0.1, 0.15) is 0 Å². The molecule has 0 aromatic heterocycles. The molecule has 140 valence electrons. The maximum Gasteiger partial charge on any atom is 0.231 e. The monoisotopic (exact) mass is 370 g/mol. The zero-order valence-corrected chi connectivity index (χ0v) is 15.7. The smallest absolute Gasteiger partial charge is 0.231 e. The molecule has 0 amide bonds. The van der Waals surface area contributed by atoms with Crippen LogP contribution in [0.4, 0.5) is 5.69 Å². The van der Waals surface area contributed by atoms with Gasteiger partial charge in [-0.05, 0) is 71.5 Å². The predicted octanol–water partition coefficient (Wildman–Crippen LogP) is 4.96. The van der Waals surface area contributed by atoms with E-state index in [1.807, 2.05) is 36.4 Å². The van der Waals surface area contributed by atoms with E-state index in [9.17, 15) is 0 Å². The minimum absolute atomic E-state index is 0.270. The Morgan fingerprint density at radius 3 is 2.21 bits per heavy atom. The van der Waals surface area contributed by atoms with Crippen LogP contribution in [0.1, 0.15) is 24.0 Å². The summed E-state index contributed by atoms with van der Waals surface area (Å²) in [4.78, 5) is 2.44. The van der Waals surface area contributed by atoms with Crippen molar-refractivity contribution in [3.8, 4) is 11.5 Å². The third kappa shape index (κ3) is 3.11. The van der Waals surface area contributed by atoms with Crippen LogP contribution in [-0.2, 0) is 0 Å². The third-order valence-electron chi connectivity index (χ3n) is 5.46. The molecule has 2 aromatic carbocycles. The van der Waals surface area contributed by atoms with Crippen molar-refractivity contribution in [1.82, 2.24) is 0 Å². The average Bonchev–Trinajstić information content (AvgIpc) is 3.42. The molecular formula is C24H22N2O2. The van der Waals surface area contributed by atoms with Gasteiger partial charge in [0, 0.05) is 18.8 Å². The summed E-state index contributed by atoms with van der Waals surface area (Å²) in [5, 5.41) is 7.81. The Kier molecular flexibility index (Phi) is 4.24. The zero-order valence-electron chi connectivity index (χ0n) is 15.7. The van der Waals surface area contributed by atoms with Gasteiger partial charge in [0.15, 0.2) is 11.5 Å². The number of fused-ring (bicyclic) bond motifs is 1. The van der Waals surface area contributed by atoms with Crippen LogP contribution < -0.4 is 14.4 Å². The minimum atomic E-state index is 0.270. The molecule has 1 fully saturated rings. The van der Waals surface area contributed by atoms with Gasteiger partial charge >= 0.3 is 0 Å². The highest BCUT2D eigenvalue weighted by atomic mass is 16.7. The van der Waals surface area contributed by atoms with Gasteiger partial charge in [0.25, 0.3) is 0 Å². The van der Waals surface area contributed by atoms with E-state index in [2.05, 4.69) is 35.2 Å². The molecule has 1 saturated heterocycles. The lowest BCUT2D eigenvalue weighted by Crippen LogP contribution is -2.17. The Labute approximate surface area is 164 Å². The van der Waals surface area contributed by atoms with E-state index in [-0.39, 0.29) is 6.79 Å². The lowest BCUT2D eigenvalue weighted by atomic mass is 9.90. The highest BCUT2D eigenvalue weighted by Gasteiger charge is 2.18. The van der Waals surface area contributed by atoms with E-state index < -0.39 is 0 Å². The molecular weight excluding hydrogens is 348 g/mol. The van der Waals surface area contributed by atoms with Crippen molar-refractivity contribution in [2.75, 3.05) is 24.8 Å². The molecule has 2 aliphatic heterocycles. The van der Waals surface area contributed by atoms with Crippen LogP contribution in [0, 0.1) is 5.41 Å². The molecule has 1 aliphatic carbocycles. The number of hydrogen-bond donors (Lipinski definition) is 1. The number of hydrogen-bond acceptors (Lipinski definition) is 4. The number of benzene rings is 2. The summed E-state index contributed by atoms with van der Waals surface area (Å²) in [5.74, 6) is 1.56. The molecule has 5 rings (SSSR count). The van der Waals surface area contributed by atoms with E-state index in [0.29, 0.717) is 5.71 Å². The highest BCUT2D eigenvalue weighted by molar-refractivity contribution is 6.05. The van der Waals surface area contributed by atoms with Gasteiger partial charge in [0.05, 0.1) is 5.71 Å². The molecule has 4 heteroatoms. The average molecular weight is 370 g/mol. The number of nitrogens with zero attached hydrogens (tertiary/aromatic N) is 1. The lowest BCUT2D eigenvalue weighted by Gasteiger charge is -2.19. The van der Waals surface area contributed by atoms with Crippen LogP contribution in [0.15, 0.2) is 72.3 Å². The first-order valence-corrected chi connectivity index (χ1v) is 9.72. The first kappa shape index (κ1) is 16.9. The molecule has 1 N–H and O–H groups in total. The summed E-state index contributed by atoms with van der Waals surface area (Å²) < 4.78 is 11.1. The summed E-state index contributed by atoms with van der Waals surface area (Å²) in [5.41, 5.74) is 6.25. The molecule has 2 aromatic rings. The van der Waals surface area contributed by atoms with Crippen LogP contribution in [-0.4, -0.2) is 25.6 Å². The maximum absolute atomic E-state index is 7.81. The third-order valence-corrected chi connectivity index (χ3v) is 5.46. The van der Waals surface area contributed by atoms with Gasteiger partial charge in [-0.1, -0.05) is 30.4 Å². The Hall–Kier alpha value is -3.27. The highest BCUT2D eigenvalue weighted by Crippen LogP contribution is 2.38. The molecule has 0 spiro atoms. The van der Waals surface area contributed by atoms with E-state index in [4.69, 9.17) is 14.9 Å². The van der Waals surface area contributed by atoms with Gasteiger partial charge in [0.2, 0.25) is 6.79 Å². The van der Waals surface area contributed by atoms with Crippen molar-refractivity contribution in [2.24, 2.45) is 0 Å². The largest absolute Gasteiger partial charge is 0.454 e. The van der Waals surface area contributed by atoms with Crippen LogP contribution in [0.25, 0.3) is 5.57 Å². The number of allylic oxidation sites excluding steroid dienone is 5. The van der Waals surface area contributed by atoms with Crippen LogP contribution in [0.5, 0.6) is 11.5 Å². The van der Waals surface area contributed by atoms with Crippen molar-refractivity contribution in [3.63, 3.8) is 0 Å². The van der Waals surface area contributed by atoms with E-state index in [1.54, 1.807) is 0 Å². The Bertz CT molecular complexity index is 991. The lowest BCUT2D eigenvalue weighted by molar-refractivity contribution is 0.174. The first-order valence-electron chi connectivity index (χ1n) is 9.72. The van der Waals surface area contributed by atoms with Crippen molar-refractivity contribution < 1.29 is 9.47 Å². The summed E-state index contributed by atoms with van der Waals surface area (Å²) in [7, 11) is 0. The Balaban J connectivity index is 1.59. The van der Waals surface area contributed by atoms with Gasteiger partial charge in [-0.25, -0.2) is 0 Å². The van der Waals surface area contributed by atoms with Crippen LogP contribution in [0.2, 0.25) is 0 Å². The SMILES string of the molecule is N=C1C=CC(=C(c2ccc(N3CCCC3)cc2)c2ccc3c(c2)OCO3)C=C1. The quantitative estimate of drug-likeness (QED) is 0.830. The maximum atomic E-state index is 7.81. The summed E-state index contributed by atoms with van der Waals surface area (Å²) in [6, 6.07) is 14.9. The van der Waals surface area contributed by atoms with Crippen molar-refractivity contribution in [3.05, 3.63) is 83.5 Å². The summed E-state index contributed by atoms with van der Waals surface area (Å²) in [6.07, 6.45) is 10.2. The minimum Gasteiger partial charge on any atom is -0.454 e. The molecule has 0 saturated carbocycles. The molecule has 28 heavy (non-hydrogen) atoms. The van der Waals surface area contributed by atoms with Crippen LogP contribution in [0.3, 0.4) is 0 Å². The van der Waals surface area contributed by atoms with Crippen molar-refractivity contribution in [2.45, 2.75) is 12.8 Å². The fourth-order valence-electron chi connectivity index (χ4n) is 4.00. The fraction of sp³-hybridized carbons (Fsp3) is 0.208. The number of nitrogens with one attached hydrogen (secondary N) is 1. The van der Waals surface area contributed by atoms with Crippen molar-refractivity contribution in [1.29, 1.82) is 5.41 Å². The van der Waals surface area contributed by atoms with E-state index in [1.165, 1.54) is 18.5 Å². The fourth-order valence-corrected chi connectivity index (χ4v) is 4.00. The number of anilines is 1. The van der Waals surface area contributed by atoms with Crippen LogP contribution >= 0.6 is 0 Å². The van der Waals surface area contributed by atoms with Gasteiger partial charge in [-0.2, -0.15) is 0 Å². The second-order valence-electron chi connectivity index (χ2n) is 7.26. The van der Waals surface area contributed by atoms with E-state index in [0.717, 1.165) is 46.9 Å². The first-order chi connectivity index (χ1) is 13.8. The number of ether oxygens (including phenoxy) is 2.